The summed E-state index contributed by atoms with van der Waals surface area (Å²) in [5.41, 5.74) is 0. The third-order valence-corrected chi connectivity index (χ3v) is 1.74. The summed E-state index contributed by atoms with van der Waals surface area (Å²) in [7, 11) is 0. The SMILES string of the molecule is CCOC(F)CCCCCC(F)(F)F. The molecule has 86 valence electrons. The lowest BCUT2D eigenvalue weighted by atomic mass is 10.1. The minimum Gasteiger partial charge on any atom is -0.348 e. The molecule has 0 radical (unpaired) electrons. The van der Waals surface area contributed by atoms with Gasteiger partial charge in [0.05, 0.1) is 0 Å². The number of halogens is 4. The van der Waals surface area contributed by atoms with E-state index in [9.17, 15) is 17.6 Å². The highest BCUT2D eigenvalue weighted by atomic mass is 19.4. The van der Waals surface area contributed by atoms with Crippen LogP contribution in [0.1, 0.15) is 39.0 Å². The van der Waals surface area contributed by atoms with Crippen molar-refractivity contribution in [1.82, 2.24) is 0 Å². The Balaban J connectivity index is 3.21. The molecule has 0 saturated carbocycles. The average Bonchev–Trinajstić information content (AvgIpc) is 2.02. The molecule has 1 nitrogen and oxygen atoms in total. The maximum atomic E-state index is 12.6. The van der Waals surface area contributed by atoms with E-state index in [2.05, 4.69) is 4.74 Å². The van der Waals surface area contributed by atoms with Crippen molar-refractivity contribution in [2.45, 2.75) is 51.6 Å². The molecule has 14 heavy (non-hydrogen) atoms. The summed E-state index contributed by atoms with van der Waals surface area (Å²) in [4.78, 5) is 0. The first-order valence-electron chi connectivity index (χ1n) is 4.78. The number of rotatable bonds is 7. The van der Waals surface area contributed by atoms with Crippen LogP contribution in [0.15, 0.2) is 0 Å². The van der Waals surface area contributed by atoms with Gasteiger partial charge in [-0.1, -0.05) is 6.42 Å². The van der Waals surface area contributed by atoms with Gasteiger partial charge in [0.2, 0.25) is 0 Å². The smallest absolute Gasteiger partial charge is 0.348 e. The monoisotopic (exact) mass is 216 g/mol. The fraction of sp³-hybridized carbons (Fsp3) is 1.00. The maximum Gasteiger partial charge on any atom is 0.389 e. The zero-order valence-corrected chi connectivity index (χ0v) is 8.24. The molecule has 0 aliphatic rings. The molecule has 5 heteroatoms. The van der Waals surface area contributed by atoms with Crippen molar-refractivity contribution in [3.8, 4) is 0 Å². The van der Waals surface area contributed by atoms with Gasteiger partial charge in [-0.2, -0.15) is 13.2 Å². The number of alkyl halides is 4. The van der Waals surface area contributed by atoms with Gasteiger partial charge in [-0.25, -0.2) is 4.39 Å². The van der Waals surface area contributed by atoms with Gasteiger partial charge in [-0.15, -0.1) is 0 Å². The first kappa shape index (κ1) is 13.7. The second kappa shape index (κ2) is 7.04. The van der Waals surface area contributed by atoms with Crippen molar-refractivity contribution in [3.05, 3.63) is 0 Å². The van der Waals surface area contributed by atoms with Gasteiger partial charge in [-0.3, -0.25) is 0 Å². The van der Waals surface area contributed by atoms with Crippen molar-refractivity contribution in [2.24, 2.45) is 0 Å². The van der Waals surface area contributed by atoms with Crippen LogP contribution in [-0.4, -0.2) is 19.1 Å². The van der Waals surface area contributed by atoms with E-state index >= 15 is 0 Å². The standard InChI is InChI=1S/C9H16F4O/c1-2-14-8(10)6-4-3-5-7-9(11,12)13/h8H,2-7H2,1H3. The predicted molar refractivity (Wildman–Crippen MR) is 45.7 cm³/mol. The predicted octanol–water partition coefficient (Wildman–Crippen LogP) is 3.83. The molecule has 0 saturated heterocycles. The van der Waals surface area contributed by atoms with Crippen LogP contribution in [0, 0.1) is 0 Å². The lowest BCUT2D eigenvalue weighted by Crippen LogP contribution is -2.07. The quantitative estimate of drug-likeness (QED) is 0.464. The number of unbranched alkanes of at least 4 members (excludes halogenated alkanes) is 2. The van der Waals surface area contributed by atoms with Crippen LogP contribution in [0.25, 0.3) is 0 Å². The molecule has 0 aliphatic carbocycles. The van der Waals surface area contributed by atoms with E-state index in [1.54, 1.807) is 6.92 Å². The molecule has 0 aromatic heterocycles. The van der Waals surface area contributed by atoms with E-state index in [0.29, 0.717) is 19.4 Å². The Morgan fingerprint density at radius 1 is 1.14 bits per heavy atom. The highest BCUT2D eigenvalue weighted by Gasteiger charge is 2.25. The fourth-order valence-electron chi connectivity index (χ4n) is 1.07. The molecule has 1 unspecified atom stereocenters. The zero-order chi connectivity index (χ0) is 11.0. The van der Waals surface area contributed by atoms with E-state index < -0.39 is 19.0 Å². The molecular formula is C9H16F4O. The van der Waals surface area contributed by atoms with E-state index in [1.807, 2.05) is 0 Å². The average molecular weight is 216 g/mol. The van der Waals surface area contributed by atoms with E-state index in [1.165, 1.54) is 0 Å². The summed E-state index contributed by atoms with van der Waals surface area (Å²) < 4.78 is 52.2. The third-order valence-electron chi connectivity index (χ3n) is 1.74. The van der Waals surface area contributed by atoms with Gasteiger partial charge in [0, 0.05) is 19.4 Å². The van der Waals surface area contributed by atoms with Crippen LogP contribution in [0.5, 0.6) is 0 Å². The molecule has 0 rings (SSSR count). The fourth-order valence-corrected chi connectivity index (χ4v) is 1.07. The summed E-state index contributed by atoms with van der Waals surface area (Å²) in [5, 5.41) is 0. The van der Waals surface area contributed by atoms with Gasteiger partial charge in [0.15, 0.2) is 6.36 Å². The number of ether oxygens (including phenoxy) is 1. The first-order valence-corrected chi connectivity index (χ1v) is 4.78. The van der Waals surface area contributed by atoms with Crippen LogP contribution < -0.4 is 0 Å². The Morgan fingerprint density at radius 2 is 1.79 bits per heavy atom. The molecule has 1 atom stereocenters. The van der Waals surface area contributed by atoms with Crippen LogP contribution >= 0.6 is 0 Å². The van der Waals surface area contributed by atoms with Crippen molar-refractivity contribution >= 4 is 0 Å². The molecular weight excluding hydrogens is 200 g/mol. The number of hydrogen-bond donors (Lipinski definition) is 0. The lowest BCUT2D eigenvalue weighted by Gasteiger charge is -2.08. The van der Waals surface area contributed by atoms with Crippen molar-refractivity contribution in [3.63, 3.8) is 0 Å². The lowest BCUT2D eigenvalue weighted by molar-refractivity contribution is -0.135. The maximum absolute atomic E-state index is 12.6. The normalized spacial score (nSPS) is 14.4. The van der Waals surface area contributed by atoms with Gasteiger partial charge in [-0.05, 0) is 19.8 Å². The molecule has 0 aromatic rings. The topological polar surface area (TPSA) is 9.23 Å². The highest BCUT2D eigenvalue weighted by Crippen LogP contribution is 2.23. The van der Waals surface area contributed by atoms with Gasteiger partial charge in [0.1, 0.15) is 0 Å². The Morgan fingerprint density at radius 3 is 2.29 bits per heavy atom. The highest BCUT2D eigenvalue weighted by molar-refractivity contribution is 4.52. The van der Waals surface area contributed by atoms with E-state index in [-0.39, 0.29) is 12.8 Å². The summed E-state index contributed by atoms with van der Waals surface area (Å²) in [6, 6.07) is 0. The van der Waals surface area contributed by atoms with E-state index in [4.69, 9.17) is 0 Å². The summed E-state index contributed by atoms with van der Waals surface area (Å²) >= 11 is 0. The summed E-state index contributed by atoms with van der Waals surface area (Å²) in [6.07, 6.45) is -5.10. The summed E-state index contributed by atoms with van der Waals surface area (Å²) in [5.74, 6) is 0. The Hall–Kier alpha value is -0.320. The Labute approximate surface area is 81.4 Å². The molecule has 0 bridgehead atoms. The van der Waals surface area contributed by atoms with Crippen LogP contribution in [-0.2, 0) is 4.74 Å². The second-order valence-electron chi connectivity index (χ2n) is 3.08. The third kappa shape index (κ3) is 9.77. The number of hydrogen-bond acceptors (Lipinski definition) is 1. The van der Waals surface area contributed by atoms with Crippen LogP contribution in [0.3, 0.4) is 0 Å². The zero-order valence-electron chi connectivity index (χ0n) is 8.24. The molecule has 0 N–H and O–H groups in total. The van der Waals surface area contributed by atoms with Crippen molar-refractivity contribution in [1.29, 1.82) is 0 Å². The summed E-state index contributed by atoms with van der Waals surface area (Å²) in [6.45, 7) is 1.97. The van der Waals surface area contributed by atoms with Crippen molar-refractivity contribution in [2.75, 3.05) is 6.61 Å². The second-order valence-corrected chi connectivity index (χ2v) is 3.08. The molecule has 0 fully saturated rings. The van der Waals surface area contributed by atoms with Gasteiger partial charge >= 0.3 is 6.18 Å². The van der Waals surface area contributed by atoms with E-state index in [0.717, 1.165) is 0 Å². The van der Waals surface area contributed by atoms with Crippen LogP contribution in [0.4, 0.5) is 17.6 Å². The molecule has 0 heterocycles. The largest absolute Gasteiger partial charge is 0.389 e. The van der Waals surface area contributed by atoms with Crippen LogP contribution in [0.2, 0.25) is 0 Å². The Bertz CT molecular complexity index is 135. The van der Waals surface area contributed by atoms with Crippen molar-refractivity contribution < 1.29 is 22.3 Å². The molecule has 0 aromatic carbocycles. The minimum absolute atomic E-state index is 0.0718. The molecule has 0 amide bonds. The molecule has 0 aliphatic heterocycles. The minimum atomic E-state index is -4.09. The van der Waals surface area contributed by atoms with Gasteiger partial charge < -0.3 is 4.74 Å². The molecule has 0 spiro atoms. The van der Waals surface area contributed by atoms with Gasteiger partial charge in [0.25, 0.3) is 0 Å². The Kier molecular flexibility index (Phi) is 6.87. The first-order chi connectivity index (χ1) is 6.45.